The standard InChI is InChI=1S/C26H22N2O7S2/c1-15-5-4-6-16(2)20(15)14-37(33,34)19-8-9-21-24(13-19)36-25(26(30)27-21)12-18-7-10-23(35-17(3)29)22(11-18)28(31)32/h4-13H,14H2,1-3H3,(H,27,30). The Balaban J connectivity index is 1.65. The number of fused-ring (bicyclic) bond motifs is 1. The minimum absolute atomic E-state index is 0.123. The molecule has 0 radical (unpaired) electrons. The molecule has 0 aromatic heterocycles. The molecule has 11 heteroatoms. The summed E-state index contributed by atoms with van der Waals surface area (Å²) < 4.78 is 31.3. The van der Waals surface area contributed by atoms with Gasteiger partial charge in [0.2, 0.25) is 5.75 Å². The molecule has 190 valence electrons. The van der Waals surface area contributed by atoms with Gasteiger partial charge in [0.05, 0.1) is 26.2 Å². The molecule has 3 aromatic carbocycles. The van der Waals surface area contributed by atoms with Gasteiger partial charge in [-0.25, -0.2) is 8.42 Å². The molecule has 0 atom stereocenters. The van der Waals surface area contributed by atoms with E-state index in [-0.39, 0.29) is 21.3 Å². The number of amides is 1. The quantitative estimate of drug-likeness (QED) is 0.149. The Morgan fingerprint density at radius 3 is 2.46 bits per heavy atom. The number of thioether (sulfide) groups is 1. The number of rotatable bonds is 6. The Kier molecular flexibility index (Phi) is 7.19. The van der Waals surface area contributed by atoms with Crippen molar-refractivity contribution in [2.75, 3.05) is 5.32 Å². The fourth-order valence-corrected chi connectivity index (χ4v) is 6.48. The van der Waals surface area contributed by atoms with Crippen LogP contribution in [0.5, 0.6) is 5.75 Å². The molecule has 0 saturated carbocycles. The molecule has 1 amide bonds. The first-order valence-electron chi connectivity index (χ1n) is 11.0. The number of benzene rings is 3. The van der Waals surface area contributed by atoms with Crippen LogP contribution in [0.15, 0.2) is 69.3 Å². The summed E-state index contributed by atoms with van der Waals surface area (Å²) in [5.41, 5.74) is 2.91. The molecule has 0 saturated heterocycles. The second-order valence-corrected chi connectivity index (χ2v) is 11.5. The molecule has 9 nitrogen and oxygen atoms in total. The predicted octanol–water partition coefficient (Wildman–Crippen LogP) is 5.20. The average Bonchev–Trinajstić information content (AvgIpc) is 2.82. The van der Waals surface area contributed by atoms with Gasteiger partial charge in [-0.05, 0) is 66.4 Å². The Morgan fingerprint density at radius 1 is 1.11 bits per heavy atom. The number of carbonyl (C=O) groups is 2. The van der Waals surface area contributed by atoms with E-state index in [1.165, 1.54) is 36.4 Å². The number of carbonyl (C=O) groups excluding carboxylic acids is 2. The number of anilines is 1. The molecule has 1 heterocycles. The SMILES string of the molecule is CC(=O)Oc1ccc(C=C2Sc3cc(S(=O)(=O)Cc4c(C)cccc4C)ccc3NC2=O)cc1[N+](=O)[O-]. The molecular formula is C26H22N2O7S2. The van der Waals surface area contributed by atoms with Gasteiger partial charge in [0.15, 0.2) is 9.84 Å². The first-order chi connectivity index (χ1) is 17.4. The zero-order chi connectivity index (χ0) is 26.9. The molecule has 0 unspecified atom stereocenters. The Hall–Kier alpha value is -3.96. The van der Waals surface area contributed by atoms with Crippen LogP contribution in [0.2, 0.25) is 0 Å². The Bertz CT molecular complexity index is 1570. The van der Waals surface area contributed by atoms with Gasteiger partial charge >= 0.3 is 11.7 Å². The largest absolute Gasteiger partial charge is 0.419 e. The molecule has 1 N–H and O–H groups in total. The van der Waals surface area contributed by atoms with Crippen molar-refractivity contribution < 1.29 is 27.7 Å². The second kappa shape index (κ2) is 10.2. The van der Waals surface area contributed by atoms with Crippen molar-refractivity contribution in [1.82, 2.24) is 0 Å². The third-order valence-corrected chi connectivity index (χ3v) is 8.44. The molecular weight excluding hydrogens is 516 g/mol. The first kappa shape index (κ1) is 26.1. The van der Waals surface area contributed by atoms with Crippen LogP contribution in [-0.4, -0.2) is 25.2 Å². The summed E-state index contributed by atoms with van der Waals surface area (Å²) in [4.78, 5) is 35.5. The lowest BCUT2D eigenvalue weighted by Crippen LogP contribution is -2.18. The third kappa shape index (κ3) is 5.73. The lowest BCUT2D eigenvalue weighted by atomic mass is 10.1. The topological polar surface area (TPSA) is 133 Å². The number of esters is 1. The predicted molar refractivity (Wildman–Crippen MR) is 140 cm³/mol. The van der Waals surface area contributed by atoms with Gasteiger partial charge in [-0.2, -0.15) is 0 Å². The van der Waals surface area contributed by atoms with E-state index in [4.69, 9.17) is 4.74 Å². The van der Waals surface area contributed by atoms with E-state index in [0.29, 0.717) is 16.1 Å². The first-order valence-corrected chi connectivity index (χ1v) is 13.5. The maximum absolute atomic E-state index is 13.2. The van der Waals surface area contributed by atoms with Gasteiger partial charge in [-0.3, -0.25) is 19.7 Å². The normalized spacial score (nSPS) is 14.1. The average molecular weight is 539 g/mol. The molecule has 1 aliphatic rings. The number of nitro groups is 1. The van der Waals surface area contributed by atoms with Crippen molar-refractivity contribution in [2.45, 2.75) is 36.3 Å². The van der Waals surface area contributed by atoms with Crippen LogP contribution in [0.4, 0.5) is 11.4 Å². The van der Waals surface area contributed by atoms with Crippen LogP contribution in [0.1, 0.15) is 29.2 Å². The van der Waals surface area contributed by atoms with Gasteiger partial charge in [0.1, 0.15) is 0 Å². The lowest BCUT2D eigenvalue weighted by molar-refractivity contribution is -0.385. The zero-order valence-corrected chi connectivity index (χ0v) is 21.7. The van der Waals surface area contributed by atoms with Crippen LogP contribution in [0.3, 0.4) is 0 Å². The summed E-state index contributed by atoms with van der Waals surface area (Å²) in [6.45, 7) is 4.88. The minimum atomic E-state index is -3.67. The van der Waals surface area contributed by atoms with E-state index in [2.05, 4.69) is 5.32 Å². The van der Waals surface area contributed by atoms with E-state index < -0.39 is 32.3 Å². The van der Waals surface area contributed by atoms with Crippen LogP contribution in [0, 0.1) is 24.0 Å². The molecule has 37 heavy (non-hydrogen) atoms. The van der Waals surface area contributed by atoms with Crippen molar-refractivity contribution in [3.8, 4) is 5.75 Å². The summed E-state index contributed by atoms with van der Waals surface area (Å²) in [6, 6.07) is 14.1. The fraction of sp³-hybridized carbons (Fsp3) is 0.154. The van der Waals surface area contributed by atoms with Gasteiger partial charge in [0, 0.05) is 17.9 Å². The van der Waals surface area contributed by atoms with Crippen LogP contribution in [-0.2, 0) is 25.2 Å². The van der Waals surface area contributed by atoms with Crippen molar-refractivity contribution in [2.24, 2.45) is 0 Å². The summed E-state index contributed by atoms with van der Waals surface area (Å²) in [7, 11) is -3.67. The highest BCUT2D eigenvalue weighted by molar-refractivity contribution is 8.04. The minimum Gasteiger partial charge on any atom is -0.419 e. The molecule has 3 aromatic rings. The number of ether oxygens (including phenoxy) is 1. The van der Waals surface area contributed by atoms with Crippen molar-refractivity contribution >= 4 is 50.9 Å². The van der Waals surface area contributed by atoms with Crippen molar-refractivity contribution in [3.63, 3.8) is 0 Å². The molecule has 0 fully saturated rings. The Labute approximate surface area is 217 Å². The summed E-state index contributed by atoms with van der Waals surface area (Å²) in [5.74, 6) is -1.49. The zero-order valence-electron chi connectivity index (χ0n) is 20.1. The van der Waals surface area contributed by atoms with E-state index in [1.54, 1.807) is 6.07 Å². The summed E-state index contributed by atoms with van der Waals surface area (Å²) in [5, 5.41) is 14.2. The second-order valence-electron chi connectivity index (χ2n) is 8.43. The van der Waals surface area contributed by atoms with Crippen LogP contribution >= 0.6 is 11.8 Å². The third-order valence-electron chi connectivity index (χ3n) is 5.71. The van der Waals surface area contributed by atoms with E-state index in [0.717, 1.165) is 35.4 Å². The molecule has 0 spiro atoms. The van der Waals surface area contributed by atoms with E-state index in [1.807, 2.05) is 32.0 Å². The van der Waals surface area contributed by atoms with Crippen LogP contribution < -0.4 is 10.1 Å². The summed E-state index contributed by atoms with van der Waals surface area (Å²) >= 11 is 1.06. The lowest BCUT2D eigenvalue weighted by Gasteiger charge is -2.20. The fourth-order valence-electron chi connectivity index (χ4n) is 3.84. The monoisotopic (exact) mass is 538 g/mol. The number of hydrogen-bond acceptors (Lipinski definition) is 8. The smallest absolute Gasteiger partial charge is 0.312 e. The highest BCUT2D eigenvalue weighted by atomic mass is 32.2. The van der Waals surface area contributed by atoms with Gasteiger partial charge < -0.3 is 10.1 Å². The number of hydrogen-bond donors (Lipinski definition) is 1. The maximum atomic E-state index is 13.2. The van der Waals surface area contributed by atoms with Gasteiger partial charge in [0.25, 0.3) is 5.91 Å². The van der Waals surface area contributed by atoms with Gasteiger partial charge in [-0.15, -0.1) is 0 Å². The highest BCUT2D eigenvalue weighted by Gasteiger charge is 2.25. The number of nitrogens with zero attached hydrogens (tertiary/aromatic N) is 1. The number of aryl methyl sites for hydroxylation is 2. The number of sulfone groups is 1. The van der Waals surface area contributed by atoms with Crippen molar-refractivity contribution in [1.29, 1.82) is 0 Å². The molecule has 0 aliphatic carbocycles. The van der Waals surface area contributed by atoms with E-state index >= 15 is 0 Å². The Morgan fingerprint density at radius 2 is 1.81 bits per heavy atom. The number of nitro benzene ring substituents is 1. The van der Waals surface area contributed by atoms with E-state index in [9.17, 15) is 28.1 Å². The van der Waals surface area contributed by atoms with Crippen molar-refractivity contribution in [3.05, 3.63) is 91.9 Å². The summed E-state index contributed by atoms with van der Waals surface area (Å²) in [6.07, 6.45) is 1.45. The highest BCUT2D eigenvalue weighted by Crippen LogP contribution is 2.41. The molecule has 1 aliphatic heterocycles. The molecule has 4 rings (SSSR count). The number of nitrogens with one attached hydrogen (secondary N) is 1. The molecule has 0 bridgehead atoms. The van der Waals surface area contributed by atoms with Crippen LogP contribution in [0.25, 0.3) is 6.08 Å². The van der Waals surface area contributed by atoms with Gasteiger partial charge in [-0.1, -0.05) is 36.0 Å². The maximum Gasteiger partial charge on any atom is 0.312 e.